The van der Waals surface area contributed by atoms with Crippen LogP contribution in [0, 0.1) is 5.82 Å². The Labute approximate surface area is 185 Å². The lowest BCUT2D eigenvalue weighted by Crippen LogP contribution is -2.32. The molecular weight excluding hydrogens is 441 g/mol. The molecule has 0 amide bonds. The third kappa shape index (κ3) is 6.65. The average molecular weight is 472 g/mol. The van der Waals surface area contributed by atoms with E-state index in [4.69, 9.17) is 0 Å². The Bertz CT molecular complexity index is 1090. The highest BCUT2D eigenvalue weighted by Crippen LogP contribution is 2.28. The fourth-order valence-corrected chi connectivity index (χ4v) is 5.83. The Morgan fingerprint density at radius 1 is 0.935 bits per heavy atom. The predicted octanol–water partition coefficient (Wildman–Crippen LogP) is 3.64. The number of sulfonamides is 2. The van der Waals surface area contributed by atoms with Gasteiger partial charge < -0.3 is 4.90 Å². The predicted molar refractivity (Wildman–Crippen MR) is 123 cm³/mol. The Morgan fingerprint density at radius 3 is 2.13 bits per heavy atom. The Balaban J connectivity index is 2.45. The molecule has 0 aliphatic heterocycles. The molecule has 0 spiro atoms. The maximum atomic E-state index is 13.3. The van der Waals surface area contributed by atoms with E-state index in [1.165, 1.54) is 16.4 Å². The molecule has 0 aromatic heterocycles. The standard InChI is InChI=1S/C21H30FN3O4S2/c1-5-13-25(31(28,29)20-10-7-18(22)8-11-20)16-17-15-19(9-12-21(17)24(3)4)23-30(26,27)14-6-2/h7-12,15,23H,5-6,13-14,16H2,1-4H3. The van der Waals surface area contributed by atoms with Crippen molar-refractivity contribution in [3.8, 4) is 0 Å². The molecule has 172 valence electrons. The van der Waals surface area contributed by atoms with E-state index in [0.717, 1.165) is 17.8 Å². The van der Waals surface area contributed by atoms with E-state index >= 15 is 0 Å². The van der Waals surface area contributed by atoms with Crippen molar-refractivity contribution in [3.63, 3.8) is 0 Å². The van der Waals surface area contributed by atoms with E-state index in [1.54, 1.807) is 25.1 Å². The topological polar surface area (TPSA) is 86.8 Å². The van der Waals surface area contributed by atoms with Crippen molar-refractivity contribution in [1.29, 1.82) is 0 Å². The molecule has 0 fully saturated rings. The van der Waals surface area contributed by atoms with Crippen molar-refractivity contribution in [2.24, 2.45) is 0 Å². The molecule has 0 heterocycles. The first kappa shape index (κ1) is 25.1. The number of hydrogen-bond acceptors (Lipinski definition) is 5. The molecule has 2 aromatic rings. The number of halogens is 1. The summed E-state index contributed by atoms with van der Waals surface area (Å²) in [6, 6.07) is 9.80. The molecule has 1 N–H and O–H groups in total. The normalized spacial score (nSPS) is 12.2. The second-order valence-electron chi connectivity index (χ2n) is 7.45. The van der Waals surface area contributed by atoms with Gasteiger partial charge in [0.25, 0.3) is 0 Å². The van der Waals surface area contributed by atoms with Crippen LogP contribution in [0.2, 0.25) is 0 Å². The zero-order valence-electron chi connectivity index (χ0n) is 18.3. The van der Waals surface area contributed by atoms with Gasteiger partial charge in [-0.2, -0.15) is 4.31 Å². The molecule has 0 radical (unpaired) electrons. The number of nitrogens with zero attached hydrogens (tertiary/aromatic N) is 2. The van der Waals surface area contributed by atoms with Crippen LogP contribution in [0.4, 0.5) is 15.8 Å². The summed E-state index contributed by atoms with van der Waals surface area (Å²) >= 11 is 0. The lowest BCUT2D eigenvalue weighted by atomic mass is 10.1. The third-order valence-electron chi connectivity index (χ3n) is 4.58. The first-order valence-corrected chi connectivity index (χ1v) is 13.2. The number of benzene rings is 2. The minimum atomic E-state index is -3.87. The molecule has 0 aliphatic rings. The number of hydrogen-bond donors (Lipinski definition) is 1. The van der Waals surface area contributed by atoms with E-state index in [9.17, 15) is 21.2 Å². The highest BCUT2D eigenvalue weighted by Gasteiger charge is 2.25. The molecular formula is C21H30FN3O4S2. The number of nitrogens with one attached hydrogen (secondary N) is 1. The first-order valence-electron chi connectivity index (χ1n) is 10.1. The molecule has 0 saturated carbocycles. The molecule has 31 heavy (non-hydrogen) atoms. The van der Waals surface area contributed by atoms with Crippen molar-refractivity contribution < 1.29 is 21.2 Å². The van der Waals surface area contributed by atoms with Gasteiger partial charge in [0.15, 0.2) is 0 Å². The zero-order valence-corrected chi connectivity index (χ0v) is 19.9. The van der Waals surface area contributed by atoms with Gasteiger partial charge in [0.05, 0.1) is 10.6 Å². The lowest BCUT2D eigenvalue weighted by Gasteiger charge is -2.25. The van der Waals surface area contributed by atoms with Crippen LogP contribution in [-0.4, -0.2) is 47.5 Å². The van der Waals surface area contributed by atoms with E-state index < -0.39 is 25.9 Å². The molecule has 7 nitrogen and oxygen atoms in total. The lowest BCUT2D eigenvalue weighted by molar-refractivity contribution is 0.406. The minimum Gasteiger partial charge on any atom is -0.377 e. The summed E-state index contributed by atoms with van der Waals surface area (Å²) in [6.45, 7) is 3.96. The fraction of sp³-hybridized carbons (Fsp3) is 0.429. The van der Waals surface area contributed by atoms with Crippen LogP contribution >= 0.6 is 0 Å². The molecule has 10 heteroatoms. The summed E-state index contributed by atoms with van der Waals surface area (Å²) in [7, 11) is -3.68. The zero-order chi connectivity index (χ0) is 23.2. The van der Waals surface area contributed by atoms with Gasteiger partial charge in [-0.05, 0) is 60.9 Å². The maximum Gasteiger partial charge on any atom is 0.243 e. The van der Waals surface area contributed by atoms with Crippen LogP contribution in [0.3, 0.4) is 0 Å². The molecule has 2 rings (SSSR count). The van der Waals surface area contributed by atoms with Crippen LogP contribution in [-0.2, 0) is 26.6 Å². The van der Waals surface area contributed by atoms with Gasteiger partial charge in [-0.3, -0.25) is 4.72 Å². The second kappa shape index (κ2) is 10.4. The summed E-state index contributed by atoms with van der Waals surface area (Å²) < 4.78 is 67.9. The van der Waals surface area contributed by atoms with Gasteiger partial charge in [0.1, 0.15) is 5.82 Å². The summed E-state index contributed by atoms with van der Waals surface area (Å²) in [5.41, 5.74) is 1.80. The van der Waals surface area contributed by atoms with E-state index in [-0.39, 0.29) is 23.7 Å². The molecule has 0 aliphatic carbocycles. The summed E-state index contributed by atoms with van der Waals surface area (Å²) in [4.78, 5) is 1.85. The Hall–Kier alpha value is -2.17. The molecule has 0 saturated heterocycles. The average Bonchev–Trinajstić information content (AvgIpc) is 2.67. The van der Waals surface area contributed by atoms with Crippen LogP contribution < -0.4 is 9.62 Å². The number of anilines is 2. The van der Waals surface area contributed by atoms with Crippen LogP contribution in [0.15, 0.2) is 47.4 Å². The molecule has 0 atom stereocenters. The van der Waals surface area contributed by atoms with Crippen LogP contribution in [0.25, 0.3) is 0 Å². The highest BCUT2D eigenvalue weighted by atomic mass is 32.2. The third-order valence-corrected chi connectivity index (χ3v) is 7.93. The number of rotatable bonds is 11. The van der Waals surface area contributed by atoms with E-state index in [1.807, 2.05) is 25.9 Å². The Kier molecular flexibility index (Phi) is 8.44. The smallest absolute Gasteiger partial charge is 0.243 e. The first-order chi connectivity index (χ1) is 14.5. The van der Waals surface area contributed by atoms with Crippen molar-refractivity contribution in [3.05, 3.63) is 53.8 Å². The van der Waals surface area contributed by atoms with Gasteiger partial charge in [-0.1, -0.05) is 13.8 Å². The van der Waals surface area contributed by atoms with Gasteiger partial charge >= 0.3 is 0 Å². The maximum absolute atomic E-state index is 13.3. The second-order valence-corrected chi connectivity index (χ2v) is 11.2. The van der Waals surface area contributed by atoms with E-state index in [0.29, 0.717) is 24.1 Å². The van der Waals surface area contributed by atoms with Gasteiger partial charge in [0.2, 0.25) is 20.0 Å². The molecule has 0 bridgehead atoms. The molecule has 2 aromatic carbocycles. The molecule has 0 unspecified atom stereocenters. The minimum absolute atomic E-state index is 0.00132. The monoisotopic (exact) mass is 471 g/mol. The summed E-state index contributed by atoms with van der Waals surface area (Å²) in [6.07, 6.45) is 1.07. The summed E-state index contributed by atoms with van der Waals surface area (Å²) in [5, 5.41) is 0. The van der Waals surface area contributed by atoms with Crippen LogP contribution in [0.5, 0.6) is 0 Å². The SMILES string of the molecule is CCCN(Cc1cc(NS(=O)(=O)CCC)ccc1N(C)C)S(=O)(=O)c1ccc(F)cc1. The largest absolute Gasteiger partial charge is 0.377 e. The van der Waals surface area contributed by atoms with Gasteiger partial charge in [0, 0.05) is 38.6 Å². The fourth-order valence-electron chi connectivity index (χ4n) is 3.19. The van der Waals surface area contributed by atoms with Crippen molar-refractivity contribution in [1.82, 2.24) is 4.31 Å². The van der Waals surface area contributed by atoms with Crippen molar-refractivity contribution in [2.45, 2.75) is 38.1 Å². The Morgan fingerprint density at radius 2 is 1.58 bits per heavy atom. The summed E-state index contributed by atoms with van der Waals surface area (Å²) in [5.74, 6) is -0.512. The van der Waals surface area contributed by atoms with Crippen LogP contribution in [0.1, 0.15) is 32.3 Å². The van der Waals surface area contributed by atoms with E-state index in [2.05, 4.69) is 4.72 Å². The van der Waals surface area contributed by atoms with Gasteiger partial charge in [-0.25, -0.2) is 21.2 Å². The van der Waals surface area contributed by atoms with Crippen molar-refractivity contribution >= 4 is 31.4 Å². The highest BCUT2D eigenvalue weighted by molar-refractivity contribution is 7.92. The van der Waals surface area contributed by atoms with Crippen molar-refractivity contribution in [2.75, 3.05) is 36.0 Å². The van der Waals surface area contributed by atoms with Gasteiger partial charge in [-0.15, -0.1) is 0 Å². The quantitative estimate of drug-likeness (QED) is 0.541.